The second-order valence-electron chi connectivity index (χ2n) is 5.54. The van der Waals surface area contributed by atoms with Crippen molar-refractivity contribution in [1.82, 2.24) is 9.62 Å². The van der Waals surface area contributed by atoms with Gasteiger partial charge in [0.1, 0.15) is 4.90 Å². The molecule has 2 rings (SSSR count). The lowest BCUT2D eigenvalue weighted by Gasteiger charge is -2.31. The van der Waals surface area contributed by atoms with Crippen LogP contribution in [0.2, 0.25) is 5.02 Å². The zero-order valence-corrected chi connectivity index (χ0v) is 14.3. The Bertz CT molecular complexity index is 729. The number of piperidine rings is 1. The summed E-state index contributed by atoms with van der Waals surface area (Å²) in [6.07, 6.45) is -3.90. The summed E-state index contributed by atoms with van der Waals surface area (Å²) in [4.78, 5) is 12.2. The number of hydrogen-bond donors (Lipinski definition) is 1. The lowest BCUT2D eigenvalue weighted by atomic mass is 10.1. The number of carbonyl (C=O) groups excluding carboxylic acids is 1. The summed E-state index contributed by atoms with van der Waals surface area (Å²) in [7, 11) is -4.20. The highest BCUT2D eigenvalue weighted by Crippen LogP contribution is 2.33. The molecule has 0 radical (unpaired) electrons. The van der Waals surface area contributed by atoms with E-state index in [-0.39, 0.29) is 10.9 Å². The lowest BCUT2D eigenvalue weighted by Crippen LogP contribution is -2.45. The second-order valence-corrected chi connectivity index (χ2v) is 7.63. The van der Waals surface area contributed by atoms with Crippen molar-refractivity contribution in [3.8, 4) is 0 Å². The van der Waals surface area contributed by atoms with Gasteiger partial charge in [-0.25, -0.2) is 13.1 Å². The molecule has 1 N–H and O–H groups in total. The van der Waals surface area contributed by atoms with Crippen LogP contribution in [-0.2, 0) is 21.0 Å². The van der Waals surface area contributed by atoms with Crippen LogP contribution in [0.15, 0.2) is 23.1 Å². The first-order chi connectivity index (χ1) is 11.0. The molecule has 0 unspecified atom stereocenters. The van der Waals surface area contributed by atoms with Crippen molar-refractivity contribution in [2.24, 2.45) is 0 Å². The smallest absolute Gasteiger partial charge is 0.343 e. The summed E-state index contributed by atoms with van der Waals surface area (Å²) in [6.45, 7) is 2.20. The number of nitrogens with zero attached hydrogens (tertiary/aromatic N) is 1. The van der Waals surface area contributed by atoms with E-state index < -0.39 is 32.7 Å². The number of halogens is 4. The van der Waals surface area contributed by atoms with E-state index in [9.17, 15) is 26.4 Å². The first-order valence-electron chi connectivity index (χ1n) is 7.15. The fraction of sp³-hybridized carbons (Fsp3) is 0.500. The van der Waals surface area contributed by atoms with E-state index in [4.69, 9.17) is 11.6 Å². The second kappa shape index (κ2) is 6.89. The SMILES string of the molecule is CC(=O)N1CCC(NS(=O)(=O)c2cc(C(F)(F)F)ccc2Cl)CC1. The van der Waals surface area contributed by atoms with E-state index >= 15 is 0 Å². The molecule has 0 aromatic heterocycles. The van der Waals surface area contributed by atoms with Gasteiger partial charge in [0.05, 0.1) is 10.6 Å². The number of nitrogens with one attached hydrogen (secondary N) is 1. The van der Waals surface area contributed by atoms with Gasteiger partial charge in [-0.3, -0.25) is 4.79 Å². The van der Waals surface area contributed by atoms with Crippen molar-refractivity contribution in [1.29, 1.82) is 0 Å². The van der Waals surface area contributed by atoms with Crippen LogP contribution in [0.3, 0.4) is 0 Å². The molecule has 0 aliphatic carbocycles. The molecule has 1 fully saturated rings. The van der Waals surface area contributed by atoms with Crippen LogP contribution in [0.4, 0.5) is 13.2 Å². The van der Waals surface area contributed by atoms with E-state index in [0.29, 0.717) is 32.0 Å². The summed E-state index contributed by atoms with van der Waals surface area (Å²) in [6, 6.07) is 1.70. The van der Waals surface area contributed by atoms with Crippen LogP contribution in [0.5, 0.6) is 0 Å². The van der Waals surface area contributed by atoms with Gasteiger partial charge in [-0.15, -0.1) is 0 Å². The first-order valence-corrected chi connectivity index (χ1v) is 9.01. The zero-order chi connectivity index (χ0) is 18.1. The largest absolute Gasteiger partial charge is 0.416 e. The number of sulfonamides is 1. The summed E-state index contributed by atoms with van der Waals surface area (Å²) in [5.74, 6) is -0.0998. The van der Waals surface area contributed by atoms with Gasteiger partial charge in [0, 0.05) is 26.1 Å². The number of rotatable bonds is 3. The monoisotopic (exact) mass is 384 g/mol. The van der Waals surface area contributed by atoms with Crippen LogP contribution in [-0.4, -0.2) is 38.4 Å². The summed E-state index contributed by atoms with van der Waals surface area (Å²) in [5, 5.41) is -0.281. The number of hydrogen-bond acceptors (Lipinski definition) is 3. The van der Waals surface area contributed by atoms with Crippen LogP contribution < -0.4 is 4.72 Å². The van der Waals surface area contributed by atoms with Crippen LogP contribution in [0, 0.1) is 0 Å². The quantitative estimate of drug-likeness (QED) is 0.871. The number of amides is 1. The zero-order valence-electron chi connectivity index (χ0n) is 12.7. The summed E-state index contributed by atoms with van der Waals surface area (Å²) < 4.78 is 65.4. The van der Waals surface area contributed by atoms with Crippen molar-refractivity contribution in [2.45, 2.75) is 36.9 Å². The first kappa shape index (κ1) is 19.0. The predicted molar refractivity (Wildman–Crippen MR) is 82.1 cm³/mol. The Morgan fingerprint density at radius 3 is 2.38 bits per heavy atom. The minimum atomic E-state index is -4.66. The molecule has 0 saturated carbocycles. The Balaban J connectivity index is 2.18. The maximum Gasteiger partial charge on any atom is 0.416 e. The van der Waals surface area contributed by atoms with Gasteiger partial charge < -0.3 is 4.90 Å². The summed E-state index contributed by atoms with van der Waals surface area (Å²) >= 11 is 5.77. The maximum atomic E-state index is 12.8. The molecule has 5 nitrogen and oxygen atoms in total. The van der Waals surface area contributed by atoms with Crippen LogP contribution >= 0.6 is 11.6 Å². The normalized spacial score (nSPS) is 17.1. The average Bonchev–Trinajstić information content (AvgIpc) is 2.46. The number of benzene rings is 1. The molecule has 1 heterocycles. The topological polar surface area (TPSA) is 66.5 Å². The third-order valence-electron chi connectivity index (χ3n) is 3.81. The van der Waals surface area contributed by atoms with Gasteiger partial charge in [-0.1, -0.05) is 11.6 Å². The third-order valence-corrected chi connectivity index (χ3v) is 5.81. The van der Waals surface area contributed by atoms with Gasteiger partial charge in [0.25, 0.3) is 0 Å². The molecule has 1 aliphatic heterocycles. The predicted octanol–water partition coefficient (Wildman–Crippen LogP) is 2.65. The molecule has 10 heteroatoms. The highest BCUT2D eigenvalue weighted by Gasteiger charge is 2.33. The standard InChI is InChI=1S/C14H16ClF3N2O3S/c1-9(21)20-6-4-11(5-7-20)19-24(22,23)13-8-10(14(16,17)18)2-3-12(13)15/h2-3,8,11,19H,4-7H2,1H3. The van der Waals surface area contributed by atoms with Crippen LogP contribution in [0.1, 0.15) is 25.3 Å². The Labute approximate surface area is 142 Å². The highest BCUT2D eigenvalue weighted by molar-refractivity contribution is 7.89. The maximum absolute atomic E-state index is 12.8. The van der Waals surface area contributed by atoms with E-state index in [1.807, 2.05) is 0 Å². The molecular formula is C14H16ClF3N2O3S. The molecule has 134 valence electrons. The highest BCUT2D eigenvalue weighted by atomic mass is 35.5. The Morgan fingerprint density at radius 1 is 1.29 bits per heavy atom. The molecule has 1 aromatic rings. The van der Waals surface area contributed by atoms with E-state index in [1.54, 1.807) is 4.90 Å². The van der Waals surface area contributed by atoms with E-state index in [0.717, 1.165) is 12.1 Å². The van der Waals surface area contributed by atoms with Crippen molar-refractivity contribution in [2.75, 3.05) is 13.1 Å². The molecule has 24 heavy (non-hydrogen) atoms. The molecule has 1 aromatic carbocycles. The van der Waals surface area contributed by atoms with Gasteiger partial charge in [0.2, 0.25) is 15.9 Å². The Hall–Kier alpha value is -1.32. The number of alkyl halides is 3. The molecule has 0 bridgehead atoms. The van der Waals surface area contributed by atoms with Gasteiger partial charge in [-0.05, 0) is 31.0 Å². The van der Waals surface area contributed by atoms with Crippen molar-refractivity contribution in [3.63, 3.8) is 0 Å². The number of carbonyl (C=O) groups is 1. The van der Waals surface area contributed by atoms with Crippen LogP contribution in [0.25, 0.3) is 0 Å². The van der Waals surface area contributed by atoms with E-state index in [1.165, 1.54) is 6.92 Å². The minimum Gasteiger partial charge on any atom is -0.343 e. The Kier molecular flexibility index (Phi) is 5.46. The average molecular weight is 385 g/mol. The molecular weight excluding hydrogens is 369 g/mol. The summed E-state index contributed by atoms with van der Waals surface area (Å²) in [5.41, 5.74) is -1.08. The third kappa shape index (κ3) is 4.40. The fourth-order valence-corrected chi connectivity index (χ4v) is 4.31. The van der Waals surface area contributed by atoms with Gasteiger partial charge in [0.15, 0.2) is 0 Å². The van der Waals surface area contributed by atoms with Crippen molar-refractivity contribution >= 4 is 27.5 Å². The number of likely N-dealkylation sites (tertiary alicyclic amines) is 1. The Morgan fingerprint density at radius 2 is 1.88 bits per heavy atom. The molecule has 1 amide bonds. The molecule has 1 saturated heterocycles. The minimum absolute atomic E-state index is 0.0998. The fourth-order valence-electron chi connectivity index (χ4n) is 2.48. The van der Waals surface area contributed by atoms with Gasteiger partial charge >= 0.3 is 6.18 Å². The molecule has 0 atom stereocenters. The van der Waals surface area contributed by atoms with Gasteiger partial charge in [-0.2, -0.15) is 13.2 Å². The molecule has 1 aliphatic rings. The van der Waals surface area contributed by atoms with Crippen molar-refractivity contribution < 1.29 is 26.4 Å². The molecule has 0 spiro atoms. The lowest BCUT2D eigenvalue weighted by molar-refractivity contribution is -0.137. The van der Waals surface area contributed by atoms with Crippen molar-refractivity contribution in [3.05, 3.63) is 28.8 Å². The van der Waals surface area contributed by atoms with E-state index in [2.05, 4.69) is 4.72 Å².